The quantitative estimate of drug-likeness (QED) is 0.466. The normalized spacial score (nSPS) is 41.4. The fourth-order valence-electron chi connectivity index (χ4n) is 12.0. The van der Waals surface area contributed by atoms with Crippen molar-refractivity contribution >= 4 is 22.6 Å². The van der Waals surface area contributed by atoms with Gasteiger partial charge in [0.05, 0.1) is 6.10 Å². The van der Waals surface area contributed by atoms with Crippen molar-refractivity contribution in [2.24, 2.45) is 34.5 Å². The van der Waals surface area contributed by atoms with Crippen molar-refractivity contribution in [3.8, 4) is 12.3 Å². The molecule has 4 saturated carbocycles. The Morgan fingerprint density at radius 3 is 2.48 bits per heavy atom. The summed E-state index contributed by atoms with van der Waals surface area (Å²) in [5.74, 6) is 4.85. The van der Waals surface area contributed by atoms with Crippen LogP contribution in [0, 0.1) is 46.8 Å². The van der Waals surface area contributed by atoms with E-state index in [0.29, 0.717) is 61.8 Å². The van der Waals surface area contributed by atoms with Crippen molar-refractivity contribution in [2.75, 3.05) is 32.7 Å². The van der Waals surface area contributed by atoms with Crippen LogP contribution < -0.4 is 0 Å². The van der Waals surface area contributed by atoms with E-state index in [-0.39, 0.29) is 34.8 Å². The summed E-state index contributed by atoms with van der Waals surface area (Å²) >= 11 is 0. The number of carbonyl (C=O) groups is 2. The average Bonchev–Trinajstić information content (AvgIpc) is 3.70. The number of terminal acetylenes is 1. The van der Waals surface area contributed by atoms with E-state index in [0.717, 1.165) is 68.8 Å². The molecule has 256 valence electrons. The summed E-state index contributed by atoms with van der Waals surface area (Å²) in [4.78, 5) is 38.1. The van der Waals surface area contributed by atoms with Gasteiger partial charge in [-0.1, -0.05) is 44.0 Å². The first-order chi connectivity index (χ1) is 23.1. The van der Waals surface area contributed by atoms with Crippen molar-refractivity contribution in [3.63, 3.8) is 0 Å². The molecular weight excluding hydrogens is 600 g/mol. The Balaban J connectivity index is 0.925. The van der Waals surface area contributed by atoms with Crippen LogP contribution >= 0.6 is 0 Å². The smallest absolute Gasteiger partial charge is 0.273 e. The standard InChI is InChI=1S/C40H52N4O4/c1-4-40(48)16-14-31-29-12-11-28-23-35(45)34(24-38(28,2)30(29)13-15-39(31,40)3)42-18-20-43(21-19-42)37(47)33-10-7-17-44(33)36(46)32-22-26-8-5-6-9-27(26)25-41-32/h1,5-6,8-9,22,25,28-31,33-35,45,48H,7,10-21,23-24H2,2-3H3/t28-,29?,30?,31?,33-,34-,35-,38-,39-,40-/m0/s1. The van der Waals surface area contributed by atoms with Crippen LogP contribution in [0.15, 0.2) is 36.5 Å². The number of aromatic nitrogens is 1. The van der Waals surface area contributed by atoms with E-state index < -0.39 is 11.6 Å². The summed E-state index contributed by atoms with van der Waals surface area (Å²) in [5.41, 5.74) is -0.643. The highest BCUT2D eigenvalue weighted by Gasteiger charge is 2.65. The number of fused-ring (bicyclic) bond motifs is 6. The Morgan fingerprint density at radius 2 is 1.71 bits per heavy atom. The zero-order valence-corrected chi connectivity index (χ0v) is 28.7. The second kappa shape index (κ2) is 11.8. The highest BCUT2D eigenvalue weighted by molar-refractivity contribution is 5.99. The van der Waals surface area contributed by atoms with Gasteiger partial charge in [-0.25, -0.2) is 0 Å². The van der Waals surface area contributed by atoms with Gasteiger partial charge in [0.1, 0.15) is 17.3 Å². The Bertz CT molecular complexity index is 1630. The SMILES string of the molecule is C#C[C@]1(O)CCC2C3CC[C@H]4C[C@H](O)[C@@H](N5CCN(C(=O)[C@@H]6CCCN6C(=O)c6cc7ccccc7cn6)CC5)C[C@]4(C)C3CC[C@@]21C. The maximum Gasteiger partial charge on any atom is 0.273 e. The number of amides is 2. The monoisotopic (exact) mass is 652 g/mol. The second-order valence-corrected chi connectivity index (χ2v) is 16.7. The van der Waals surface area contributed by atoms with Gasteiger partial charge in [0, 0.05) is 55.8 Å². The maximum absolute atomic E-state index is 13.9. The minimum Gasteiger partial charge on any atom is -0.391 e. The second-order valence-electron chi connectivity index (χ2n) is 16.7. The molecule has 0 spiro atoms. The van der Waals surface area contributed by atoms with E-state index in [1.165, 1.54) is 6.42 Å². The van der Waals surface area contributed by atoms with Crippen molar-refractivity contribution in [1.29, 1.82) is 0 Å². The molecule has 3 unspecified atom stereocenters. The minimum absolute atomic E-state index is 0.0429. The Labute approximate surface area is 285 Å². The molecule has 2 aromatic rings. The number of likely N-dealkylation sites (tertiary alicyclic amines) is 1. The molecule has 0 bridgehead atoms. The first kappa shape index (κ1) is 32.2. The number of rotatable bonds is 3. The van der Waals surface area contributed by atoms with Crippen LogP contribution in [-0.4, -0.2) is 98.2 Å². The molecule has 3 heterocycles. The summed E-state index contributed by atoms with van der Waals surface area (Å²) < 4.78 is 0. The molecule has 8 rings (SSSR count). The van der Waals surface area contributed by atoms with Gasteiger partial charge in [0.15, 0.2) is 0 Å². The molecule has 8 heteroatoms. The lowest BCUT2D eigenvalue weighted by atomic mass is 9.44. The Kier molecular flexibility index (Phi) is 7.93. The number of carbonyl (C=O) groups excluding carboxylic acids is 2. The van der Waals surface area contributed by atoms with E-state index >= 15 is 0 Å². The largest absolute Gasteiger partial charge is 0.391 e. The highest BCUT2D eigenvalue weighted by atomic mass is 16.3. The number of pyridine rings is 1. The van der Waals surface area contributed by atoms with Gasteiger partial charge in [-0.15, -0.1) is 6.42 Å². The lowest BCUT2D eigenvalue weighted by Crippen LogP contribution is -2.63. The van der Waals surface area contributed by atoms with E-state index in [4.69, 9.17) is 6.42 Å². The molecule has 1 aromatic carbocycles. The minimum atomic E-state index is -0.987. The van der Waals surface area contributed by atoms with Gasteiger partial charge in [0.2, 0.25) is 5.91 Å². The third-order valence-electron chi connectivity index (χ3n) is 14.8. The van der Waals surface area contributed by atoms with Gasteiger partial charge in [-0.05, 0) is 105 Å². The molecule has 6 fully saturated rings. The topological polar surface area (TPSA) is 97.2 Å². The third-order valence-corrected chi connectivity index (χ3v) is 14.8. The zero-order valence-electron chi connectivity index (χ0n) is 28.7. The van der Waals surface area contributed by atoms with Gasteiger partial charge >= 0.3 is 0 Å². The van der Waals surface area contributed by atoms with E-state index in [1.807, 2.05) is 35.2 Å². The summed E-state index contributed by atoms with van der Waals surface area (Å²) in [6.45, 7) is 8.05. The van der Waals surface area contributed by atoms with E-state index in [2.05, 4.69) is 29.7 Å². The fraction of sp³-hybridized carbons (Fsp3) is 0.675. The molecule has 2 aliphatic heterocycles. The van der Waals surface area contributed by atoms with Crippen LogP contribution in [0.2, 0.25) is 0 Å². The molecule has 48 heavy (non-hydrogen) atoms. The average molecular weight is 653 g/mol. The van der Waals surface area contributed by atoms with Crippen molar-refractivity contribution in [2.45, 2.75) is 102 Å². The summed E-state index contributed by atoms with van der Waals surface area (Å²) in [7, 11) is 0. The molecule has 8 nitrogen and oxygen atoms in total. The number of piperazine rings is 1. The number of aliphatic hydroxyl groups excluding tert-OH is 1. The van der Waals surface area contributed by atoms with Gasteiger partial charge < -0.3 is 20.0 Å². The molecule has 2 saturated heterocycles. The molecule has 6 aliphatic rings. The van der Waals surface area contributed by atoms with Gasteiger partial charge in [-0.2, -0.15) is 0 Å². The number of nitrogens with zero attached hydrogens (tertiary/aromatic N) is 4. The van der Waals surface area contributed by atoms with Crippen molar-refractivity contribution < 1.29 is 19.8 Å². The molecule has 1 aromatic heterocycles. The zero-order chi connectivity index (χ0) is 33.4. The third kappa shape index (κ3) is 4.86. The summed E-state index contributed by atoms with van der Waals surface area (Å²) in [6, 6.07) is 9.36. The highest BCUT2D eigenvalue weighted by Crippen LogP contribution is 2.68. The maximum atomic E-state index is 13.9. The predicted molar refractivity (Wildman–Crippen MR) is 185 cm³/mol. The Morgan fingerprint density at radius 1 is 0.958 bits per heavy atom. The van der Waals surface area contributed by atoms with Crippen LogP contribution in [0.1, 0.15) is 88.5 Å². The number of hydrogen-bond donors (Lipinski definition) is 2. The van der Waals surface area contributed by atoms with Gasteiger partial charge in [-0.3, -0.25) is 19.5 Å². The van der Waals surface area contributed by atoms with Crippen LogP contribution in [0.3, 0.4) is 0 Å². The Hall–Kier alpha value is -2.99. The first-order valence-corrected chi connectivity index (χ1v) is 18.6. The van der Waals surface area contributed by atoms with Crippen molar-refractivity contribution in [1.82, 2.24) is 19.7 Å². The lowest BCUT2D eigenvalue weighted by molar-refractivity contribution is -0.163. The molecular formula is C40H52N4O4. The summed E-state index contributed by atoms with van der Waals surface area (Å²) in [6.07, 6.45) is 16.8. The number of aliphatic hydroxyl groups is 2. The van der Waals surface area contributed by atoms with Crippen LogP contribution in [0.4, 0.5) is 0 Å². The number of hydrogen-bond acceptors (Lipinski definition) is 6. The molecule has 2 N–H and O–H groups in total. The molecule has 2 amide bonds. The first-order valence-electron chi connectivity index (χ1n) is 18.6. The van der Waals surface area contributed by atoms with E-state index in [9.17, 15) is 19.8 Å². The van der Waals surface area contributed by atoms with Gasteiger partial charge in [0.25, 0.3) is 5.91 Å². The summed E-state index contributed by atoms with van der Waals surface area (Å²) in [5, 5.41) is 24.9. The molecule has 0 radical (unpaired) electrons. The lowest BCUT2D eigenvalue weighted by Gasteiger charge is -2.63. The van der Waals surface area contributed by atoms with Crippen molar-refractivity contribution in [3.05, 3.63) is 42.2 Å². The van der Waals surface area contributed by atoms with Crippen LogP contribution in [0.25, 0.3) is 10.8 Å². The van der Waals surface area contributed by atoms with E-state index in [1.54, 1.807) is 11.1 Å². The fourth-order valence-corrected chi connectivity index (χ4v) is 12.0. The van der Waals surface area contributed by atoms with Crippen LogP contribution in [-0.2, 0) is 4.79 Å². The molecule has 4 aliphatic carbocycles. The predicted octanol–water partition coefficient (Wildman–Crippen LogP) is 4.73. The molecule has 10 atom stereocenters. The number of benzene rings is 1. The van der Waals surface area contributed by atoms with Crippen LogP contribution in [0.5, 0.6) is 0 Å².